The average molecular weight is 830 g/mol. The predicted molar refractivity (Wildman–Crippen MR) is 236 cm³/mol. The lowest BCUT2D eigenvalue weighted by molar-refractivity contribution is 0.455. The maximum absolute atomic E-state index is 11.6. The third-order valence-electron chi connectivity index (χ3n) is 12.2. The molecule has 0 aromatic heterocycles. The lowest BCUT2D eigenvalue weighted by atomic mass is 9.73. The van der Waals surface area contributed by atoms with Gasteiger partial charge in [0, 0.05) is 46.5 Å². The first-order valence-corrected chi connectivity index (χ1v) is 23.6. The Morgan fingerprint density at radius 2 is 1.32 bits per heavy atom. The molecule has 1 atom stereocenters. The van der Waals surface area contributed by atoms with Crippen LogP contribution in [0.15, 0.2) is 119 Å². The van der Waals surface area contributed by atoms with Crippen molar-refractivity contribution in [2.24, 2.45) is 0 Å². The molecule has 0 amide bonds. The summed E-state index contributed by atoms with van der Waals surface area (Å²) in [4.78, 5) is 4.71. The van der Waals surface area contributed by atoms with Crippen molar-refractivity contribution in [3.05, 3.63) is 130 Å². The van der Waals surface area contributed by atoms with Gasteiger partial charge in [-0.2, -0.15) is 16.8 Å². The Morgan fingerprint density at radius 1 is 0.737 bits per heavy atom. The topological polar surface area (TPSA) is 115 Å². The highest BCUT2D eigenvalue weighted by molar-refractivity contribution is 7.86. The van der Waals surface area contributed by atoms with E-state index in [2.05, 4.69) is 129 Å². The fraction of sp³-hybridized carbons (Fsp3) is 0.391. The van der Waals surface area contributed by atoms with Crippen molar-refractivity contribution in [2.45, 2.75) is 89.5 Å². The van der Waals surface area contributed by atoms with E-state index in [0.717, 1.165) is 41.9 Å². The van der Waals surface area contributed by atoms with E-state index in [1.807, 2.05) is 0 Å². The molecule has 3 aliphatic rings. The minimum atomic E-state index is -4.05. The van der Waals surface area contributed by atoms with Gasteiger partial charge < -0.3 is 9.80 Å². The summed E-state index contributed by atoms with van der Waals surface area (Å²) in [7, 11) is -8.09. The monoisotopic (exact) mass is 828 g/mol. The quantitative estimate of drug-likeness (QED) is 0.101. The number of unbranched alkanes of at least 4 members (excludes halogenated alkanes) is 2. The van der Waals surface area contributed by atoms with Crippen molar-refractivity contribution in [2.75, 3.05) is 34.4 Å². The summed E-state index contributed by atoms with van der Waals surface area (Å²) in [6.45, 7) is 10.3. The zero-order valence-electron chi connectivity index (χ0n) is 33.2. The third kappa shape index (κ3) is 8.35. The van der Waals surface area contributed by atoms with Crippen LogP contribution >= 0.6 is 11.6 Å². The van der Waals surface area contributed by atoms with E-state index in [1.54, 1.807) is 5.54 Å². The molecule has 0 saturated heterocycles. The molecular weight excluding hydrogens is 776 g/mol. The number of halogens is 1. The second kappa shape index (κ2) is 16.0. The molecule has 7 rings (SSSR count). The Balaban J connectivity index is 1.25. The average Bonchev–Trinajstić information content (AvgIpc) is 3.52. The van der Waals surface area contributed by atoms with Crippen LogP contribution in [0.4, 0.5) is 11.4 Å². The van der Waals surface area contributed by atoms with Gasteiger partial charge >= 0.3 is 0 Å². The molecule has 1 aliphatic carbocycles. The van der Waals surface area contributed by atoms with E-state index < -0.39 is 20.2 Å². The van der Waals surface area contributed by atoms with Crippen LogP contribution in [-0.2, 0) is 31.1 Å². The highest BCUT2D eigenvalue weighted by atomic mass is 35.5. The minimum Gasteiger partial charge on any atom is -0.363 e. The van der Waals surface area contributed by atoms with E-state index >= 15 is 0 Å². The van der Waals surface area contributed by atoms with Gasteiger partial charge in [0.15, 0.2) is 0 Å². The van der Waals surface area contributed by atoms with E-state index in [4.69, 9.17) is 11.6 Å². The molecule has 2 N–H and O–H groups in total. The maximum Gasteiger partial charge on any atom is 0.264 e. The van der Waals surface area contributed by atoms with E-state index in [1.165, 1.54) is 43.8 Å². The van der Waals surface area contributed by atoms with Crippen LogP contribution in [0.2, 0.25) is 0 Å². The highest BCUT2D eigenvalue weighted by Crippen LogP contribution is 2.53. The Labute approximate surface area is 343 Å². The van der Waals surface area contributed by atoms with Crippen molar-refractivity contribution in [3.63, 3.8) is 0 Å². The Bertz CT molecular complexity index is 2550. The van der Waals surface area contributed by atoms with Crippen molar-refractivity contribution >= 4 is 64.8 Å². The van der Waals surface area contributed by atoms with E-state index in [-0.39, 0.29) is 28.4 Å². The second-order valence-corrected chi connectivity index (χ2v) is 20.2. The van der Waals surface area contributed by atoms with Gasteiger partial charge in [0.1, 0.15) is 0 Å². The summed E-state index contributed by atoms with van der Waals surface area (Å²) in [5.41, 5.74) is 10.4. The zero-order chi connectivity index (χ0) is 40.8. The number of hydrogen-bond acceptors (Lipinski definition) is 6. The summed E-state index contributed by atoms with van der Waals surface area (Å²) in [5, 5.41) is 4.74. The summed E-state index contributed by atoms with van der Waals surface area (Å²) in [6, 6.07) is 25.4. The van der Waals surface area contributed by atoms with Crippen molar-refractivity contribution in [1.29, 1.82) is 0 Å². The van der Waals surface area contributed by atoms with Gasteiger partial charge in [-0.1, -0.05) is 112 Å². The summed E-state index contributed by atoms with van der Waals surface area (Å²) in [6.07, 6.45) is 11.4. The van der Waals surface area contributed by atoms with Gasteiger partial charge in [0.05, 0.1) is 17.5 Å². The molecule has 4 aromatic carbocycles. The van der Waals surface area contributed by atoms with Crippen LogP contribution in [0.1, 0.15) is 83.8 Å². The number of fused-ring (bicyclic) bond motifs is 6. The molecule has 0 saturated carbocycles. The Hall–Kier alpha value is -3.93. The molecule has 302 valence electrons. The first kappa shape index (κ1) is 41.2. The molecule has 2 heterocycles. The van der Waals surface area contributed by atoms with E-state index in [0.29, 0.717) is 38.8 Å². The predicted octanol–water partition coefficient (Wildman–Crippen LogP) is 10.6. The van der Waals surface area contributed by atoms with E-state index in [9.17, 15) is 25.9 Å². The largest absolute Gasteiger partial charge is 0.363 e. The van der Waals surface area contributed by atoms with Gasteiger partial charge in [-0.05, 0) is 113 Å². The first-order valence-electron chi connectivity index (χ1n) is 19.9. The highest BCUT2D eigenvalue weighted by Gasteiger charge is 2.48. The molecule has 0 radical (unpaired) electrons. The van der Waals surface area contributed by atoms with Gasteiger partial charge in [-0.3, -0.25) is 9.11 Å². The van der Waals surface area contributed by atoms with Crippen LogP contribution < -0.4 is 9.80 Å². The van der Waals surface area contributed by atoms with Crippen LogP contribution in [-0.4, -0.2) is 56.6 Å². The van der Waals surface area contributed by atoms with Gasteiger partial charge in [-0.25, -0.2) is 0 Å². The van der Waals surface area contributed by atoms with Crippen LogP contribution in [0, 0.1) is 0 Å². The molecular formula is C46H53ClN2O6S2. The number of benzene rings is 4. The second-order valence-electron chi connectivity index (χ2n) is 16.8. The molecule has 4 aromatic rings. The lowest BCUT2D eigenvalue weighted by Gasteiger charge is -2.38. The smallest absolute Gasteiger partial charge is 0.264 e. The molecule has 2 aliphatic heterocycles. The van der Waals surface area contributed by atoms with Crippen molar-refractivity contribution < 1.29 is 25.9 Å². The number of rotatable bonds is 13. The number of allylic oxidation sites excluding steroid dienone is 5. The number of nitrogens with zero attached hydrogens (tertiary/aromatic N) is 2. The van der Waals surface area contributed by atoms with Crippen LogP contribution in [0.5, 0.6) is 0 Å². The van der Waals surface area contributed by atoms with Gasteiger partial charge in [0.2, 0.25) is 0 Å². The molecule has 11 heteroatoms. The fourth-order valence-electron chi connectivity index (χ4n) is 9.75. The minimum absolute atomic E-state index is 0.111. The lowest BCUT2D eigenvalue weighted by Crippen LogP contribution is -2.44. The fourth-order valence-corrected chi connectivity index (χ4v) is 11.1. The van der Waals surface area contributed by atoms with Crippen LogP contribution in [0.3, 0.4) is 0 Å². The van der Waals surface area contributed by atoms with Crippen molar-refractivity contribution in [1.82, 2.24) is 0 Å². The Kier molecular flexibility index (Phi) is 11.6. The maximum atomic E-state index is 11.6. The van der Waals surface area contributed by atoms with Gasteiger partial charge in [-0.15, -0.1) is 0 Å². The number of hydrogen-bond donors (Lipinski definition) is 2. The van der Waals surface area contributed by atoms with Gasteiger partial charge in [0.25, 0.3) is 20.2 Å². The Morgan fingerprint density at radius 3 is 1.93 bits per heavy atom. The normalized spacial score (nSPS) is 20.8. The first-order chi connectivity index (χ1) is 27.0. The molecule has 1 unspecified atom stereocenters. The molecule has 0 spiro atoms. The summed E-state index contributed by atoms with van der Waals surface area (Å²) < 4.78 is 65.1. The molecule has 0 fully saturated rings. The number of anilines is 2. The summed E-state index contributed by atoms with van der Waals surface area (Å²) >= 11 is 6.90. The van der Waals surface area contributed by atoms with Crippen molar-refractivity contribution in [3.8, 4) is 0 Å². The SMILES string of the molecule is CC1(C)C(=CC=C2C=C(C(=CCl)C3N(CCCCS(=O)(=O)O)c4ccc5ccccc5c4C3(C)C)CCC2)N(CCCCS(=O)(=O)O)c2ccc3ccccc3c21. The molecule has 0 bridgehead atoms. The third-order valence-corrected chi connectivity index (χ3v) is 14.0. The standard InChI is InChI=1S/C46H53ClN2O6S2/c1-45(2)41(48(26-9-11-28-56(50,51)52)39-23-21-33-15-5-7-18-36(33)42(39)45)25-20-32-14-13-17-35(30-32)38(31-47)44-46(3,4)43-37-19-8-6-16-34(37)22-24-40(43)49(44)27-10-12-29-57(53,54)55/h5-8,15-16,18-25,30-31,44H,9-14,17,26-29H2,1-4H3,(H,50,51,52)(H,53,54,55). The van der Waals surface area contributed by atoms with Crippen LogP contribution in [0.25, 0.3) is 21.5 Å². The zero-order valence-corrected chi connectivity index (χ0v) is 35.6. The molecule has 8 nitrogen and oxygen atoms in total. The molecule has 57 heavy (non-hydrogen) atoms. The summed E-state index contributed by atoms with van der Waals surface area (Å²) in [5.74, 6) is -0.532.